The highest BCUT2D eigenvalue weighted by molar-refractivity contribution is 5.66. The van der Waals surface area contributed by atoms with Crippen LogP contribution in [0.2, 0.25) is 0 Å². The van der Waals surface area contributed by atoms with Gasteiger partial charge in [-0.1, -0.05) is 34.6 Å². The molecule has 0 aliphatic carbocycles. The monoisotopic (exact) mass is 324 g/mol. The zero-order valence-corrected chi connectivity index (χ0v) is 14.4. The van der Waals surface area contributed by atoms with Crippen LogP contribution in [0.4, 0.5) is 10.5 Å². The third-order valence-corrected chi connectivity index (χ3v) is 3.70. The lowest BCUT2D eigenvalue weighted by molar-refractivity contribution is -0.386. The second-order valence-corrected chi connectivity index (χ2v) is 7.02. The van der Waals surface area contributed by atoms with E-state index in [1.165, 1.54) is 13.2 Å². The minimum absolute atomic E-state index is 0.0898. The van der Waals surface area contributed by atoms with Gasteiger partial charge in [-0.25, -0.2) is 4.79 Å². The van der Waals surface area contributed by atoms with Crippen molar-refractivity contribution in [2.75, 3.05) is 13.7 Å². The predicted molar refractivity (Wildman–Crippen MR) is 86.9 cm³/mol. The number of nitrogens with two attached hydrogens (primary N) is 1. The molecule has 0 fully saturated rings. The number of nitro benzene ring substituents is 1. The van der Waals surface area contributed by atoms with Gasteiger partial charge in [-0.15, -0.1) is 0 Å². The molecule has 0 aromatic heterocycles. The lowest BCUT2D eigenvalue weighted by Gasteiger charge is -2.28. The van der Waals surface area contributed by atoms with Gasteiger partial charge in [-0.2, -0.15) is 0 Å². The fourth-order valence-corrected chi connectivity index (χ4v) is 2.18. The summed E-state index contributed by atoms with van der Waals surface area (Å²) in [6.07, 6.45) is -0.933. The van der Waals surface area contributed by atoms with Crippen molar-refractivity contribution in [3.05, 3.63) is 33.4 Å². The molecular weight excluding hydrogens is 300 g/mol. The molecule has 7 nitrogen and oxygen atoms in total. The van der Waals surface area contributed by atoms with E-state index in [0.717, 1.165) is 0 Å². The van der Waals surface area contributed by atoms with Gasteiger partial charge in [0.05, 0.1) is 18.1 Å². The lowest BCUT2D eigenvalue weighted by Crippen LogP contribution is -2.30. The van der Waals surface area contributed by atoms with Gasteiger partial charge in [0.15, 0.2) is 0 Å². The molecule has 0 saturated heterocycles. The molecule has 1 rings (SSSR count). The average molecular weight is 324 g/mol. The van der Waals surface area contributed by atoms with E-state index >= 15 is 0 Å². The minimum Gasteiger partial charge on any atom is -0.437 e. The van der Waals surface area contributed by atoms with Gasteiger partial charge in [-0.3, -0.25) is 10.1 Å². The van der Waals surface area contributed by atoms with E-state index < -0.39 is 21.9 Å². The van der Waals surface area contributed by atoms with Crippen LogP contribution in [0.15, 0.2) is 12.1 Å². The van der Waals surface area contributed by atoms with Gasteiger partial charge in [0, 0.05) is 23.1 Å². The summed E-state index contributed by atoms with van der Waals surface area (Å²) in [5.74, 6) is 0.0898. The van der Waals surface area contributed by atoms with E-state index in [1.807, 2.05) is 34.6 Å². The Balaban J connectivity index is 3.70. The van der Waals surface area contributed by atoms with Crippen LogP contribution in [0.1, 0.15) is 45.7 Å². The van der Waals surface area contributed by atoms with E-state index in [2.05, 4.69) is 4.74 Å². The highest BCUT2D eigenvalue weighted by atomic mass is 16.7. The van der Waals surface area contributed by atoms with Crippen LogP contribution in [-0.4, -0.2) is 24.7 Å². The summed E-state index contributed by atoms with van der Waals surface area (Å²) in [7, 11) is 1.17. The molecule has 2 N–H and O–H groups in total. The number of carbonyl (C=O) groups is 1. The smallest absolute Gasteiger partial charge is 0.437 e. The topological polar surface area (TPSA) is 105 Å². The Morgan fingerprint density at radius 1 is 1.22 bits per heavy atom. The minimum atomic E-state index is -0.933. The molecule has 0 atom stereocenters. The van der Waals surface area contributed by atoms with E-state index in [0.29, 0.717) is 11.1 Å². The number of benzene rings is 1. The molecule has 0 bridgehead atoms. The maximum Gasteiger partial charge on any atom is 0.513 e. The van der Waals surface area contributed by atoms with E-state index in [1.54, 1.807) is 6.07 Å². The molecule has 7 heteroatoms. The highest BCUT2D eigenvalue weighted by Crippen LogP contribution is 2.40. The molecular formula is C16H24N2O5. The van der Waals surface area contributed by atoms with Crippen molar-refractivity contribution in [2.45, 2.75) is 45.4 Å². The Hall–Kier alpha value is -2.15. The van der Waals surface area contributed by atoms with Crippen LogP contribution >= 0.6 is 0 Å². The Morgan fingerprint density at radius 2 is 1.78 bits per heavy atom. The first kappa shape index (κ1) is 18.9. The van der Waals surface area contributed by atoms with Crippen LogP contribution in [0, 0.1) is 10.1 Å². The van der Waals surface area contributed by atoms with Gasteiger partial charge in [0.1, 0.15) is 5.75 Å². The number of hydrogen-bond donors (Lipinski definition) is 1. The van der Waals surface area contributed by atoms with Crippen molar-refractivity contribution in [3.63, 3.8) is 0 Å². The van der Waals surface area contributed by atoms with Crippen LogP contribution in [0.25, 0.3) is 0 Å². The number of hydrogen-bond acceptors (Lipinski definition) is 6. The van der Waals surface area contributed by atoms with Crippen molar-refractivity contribution < 1.29 is 19.2 Å². The summed E-state index contributed by atoms with van der Waals surface area (Å²) < 4.78 is 9.61. The predicted octanol–water partition coefficient (Wildman–Crippen LogP) is 3.27. The van der Waals surface area contributed by atoms with Gasteiger partial charge in [0.25, 0.3) is 5.69 Å². The zero-order chi connectivity index (χ0) is 18.0. The van der Waals surface area contributed by atoms with E-state index in [-0.39, 0.29) is 18.0 Å². The summed E-state index contributed by atoms with van der Waals surface area (Å²) in [4.78, 5) is 22.4. The number of rotatable bonds is 4. The summed E-state index contributed by atoms with van der Waals surface area (Å²) in [6.45, 7) is 9.70. The third-order valence-electron chi connectivity index (χ3n) is 3.70. The van der Waals surface area contributed by atoms with Crippen LogP contribution in [0.5, 0.6) is 5.75 Å². The molecule has 0 aliphatic heterocycles. The molecule has 128 valence electrons. The molecule has 0 amide bonds. The van der Waals surface area contributed by atoms with Gasteiger partial charge in [0.2, 0.25) is 0 Å². The van der Waals surface area contributed by atoms with E-state index in [4.69, 9.17) is 10.5 Å². The van der Waals surface area contributed by atoms with Crippen LogP contribution < -0.4 is 10.5 Å². The molecule has 0 spiro atoms. The van der Waals surface area contributed by atoms with Crippen molar-refractivity contribution in [1.29, 1.82) is 0 Å². The second kappa shape index (κ2) is 6.54. The normalized spacial score (nSPS) is 12.0. The Labute approximate surface area is 135 Å². The van der Waals surface area contributed by atoms with Crippen molar-refractivity contribution in [2.24, 2.45) is 5.73 Å². The number of ether oxygens (including phenoxy) is 2. The molecule has 0 aliphatic rings. The zero-order valence-electron chi connectivity index (χ0n) is 14.4. The first-order valence-electron chi connectivity index (χ1n) is 7.23. The molecule has 0 unspecified atom stereocenters. The van der Waals surface area contributed by atoms with Crippen molar-refractivity contribution in [1.82, 2.24) is 0 Å². The van der Waals surface area contributed by atoms with Crippen LogP contribution in [0.3, 0.4) is 0 Å². The molecule has 0 radical (unpaired) electrons. The van der Waals surface area contributed by atoms with Gasteiger partial charge < -0.3 is 15.2 Å². The largest absolute Gasteiger partial charge is 0.513 e. The maximum absolute atomic E-state index is 11.5. The summed E-state index contributed by atoms with van der Waals surface area (Å²) in [6, 6.07) is 2.97. The molecule has 1 aromatic carbocycles. The Kier molecular flexibility index (Phi) is 5.37. The van der Waals surface area contributed by atoms with E-state index in [9.17, 15) is 14.9 Å². The van der Waals surface area contributed by atoms with Crippen LogP contribution in [-0.2, 0) is 15.6 Å². The third kappa shape index (κ3) is 4.19. The molecule has 0 saturated carbocycles. The Bertz CT molecular complexity index is 618. The lowest BCUT2D eigenvalue weighted by atomic mass is 9.78. The standard InChI is InChI=1S/C16H24N2O5/c1-15(2,3)10-7-11(16(4,5)9-17)13(23-14(19)22-6)8-12(10)18(20)21/h7-8H,9,17H2,1-6H3. The fourth-order valence-electron chi connectivity index (χ4n) is 2.18. The average Bonchev–Trinajstić information content (AvgIpc) is 2.45. The number of nitrogens with zero attached hydrogens (tertiary/aromatic N) is 1. The number of nitro groups is 1. The molecule has 23 heavy (non-hydrogen) atoms. The Morgan fingerprint density at radius 3 is 2.17 bits per heavy atom. The maximum atomic E-state index is 11.5. The molecule has 0 heterocycles. The van der Waals surface area contributed by atoms with Crippen molar-refractivity contribution in [3.8, 4) is 5.75 Å². The first-order valence-corrected chi connectivity index (χ1v) is 7.23. The van der Waals surface area contributed by atoms with Gasteiger partial charge >= 0.3 is 6.16 Å². The fraction of sp³-hybridized carbons (Fsp3) is 0.562. The van der Waals surface area contributed by atoms with Crippen molar-refractivity contribution >= 4 is 11.8 Å². The second-order valence-electron chi connectivity index (χ2n) is 7.02. The SMILES string of the molecule is COC(=O)Oc1cc([N+](=O)[O-])c(C(C)(C)C)cc1C(C)(C)CN. The molecule has 1 aromatic rings. The summed E-state index contributed by atoms with van der Waals surface area (Å²) in [5.41, 5.74) is 5.91. The number of carbonyl (C=O) groups excluding carboxylic acids is 1. The highest BCUT2D eigenvalue weighted by Gasteiger charge is 2.32. The summed E-state index contributed by atoms with van der Waals surface area (Å²) >= 11 is 0. The van der Waals surface area contributed by atoms with Gasteiger partial charge in [-0.05, 0) is 11.5 Å². The number of methoxy groups -OCH3 is 1. The first-order chi connectivity index (χ1) is 10.4. The summed E-state index contributed by atoms with van der Waals surface area (Å²) in [5, 5.41) is 11.4. The quantitative estimate of drug-likeness (QED) is 0.394.